The van der Waals surface area contributed by atoms with E-state index in [4.69, 9.17) is 14.2 Å². The van der Waals surface area contributed by atoms with E-state index in [1.54, 1.807) is 25.3 Å². The molecule has 3 rings (SSSR count). The van der Waals surface area contributed by atoms with Crippen LogP contribution in [0, 0.1) is 5.92 Å². The van der Waals surface area contributed by atoms with Crippen molar-refractivity contribution in [1.29, 1.82) is 0 Å². The lowest BCUT2D eigenvalue weighted by molar-refractivity contribution is -0.118. The van der Waals surface area contributed by atoms with Gasteiger partial charge in [0, 0.05) is 11.6 Å². The molecular formula is C23H26N4O5S. The fourth-order valence-electron chi connectivity index (χ4n) is 3.05. The van der Waals surface area contributed by atoms with Crippen molar-refractivity contribution in [3.05, 3.63) is 48.0 Å². The molecule has 1 aromatic heterocycles. The molecule has 0 aliphatic heterocycles. The first-order valence-corrected chi connectivity index (χ1v) is 11.0. The summed E-state index contributed by atoms with van der Waals surface area (Å²) in [7, 11) is 4.59. The summed E-state index contributed by atoms with van der Waals surface area (Å²) in [4.78, 5) is 25.8. The molecule has 3 aromatic rings. The summed E-state index contributed by atoms with van der Waals surface area (Å²) in [6.45, 7) is 3.69. The zero-order chi connectivity index (χ0) is 24.0. The van der Waals surface area contributed by atoms with Gasteiger partial charge in [-0.3, -0.25) is 14.9 Å². The van der Waals surface area contributed by atoms with Crippen LogP contribution in [-0.4, -0.2) is 49.4 Å². The number of nitrogens with zero attached hydrogens (tertiary/aromatic N) is 2. The molecule has 1 atom stereocenters. The van der Waals surface area contributed by atoms with E-state index in [1.807, 2.05) is 38.1 Å². The summed E-state index contributed by atoms with van der Waals surface area (Å²) in [5.41, 5.74) is 1.16. The lowest BCUT2D eigenvalue weighted by Crippen LogP contribution is -2.47. The largest absolute Gasteiger partial charge is 0.497 e. The first kappa shape index (κ1) is 24.0. The minimum Gasteiger partial charge on any atom is -0.497 e. The zero-order valence-corrected chi connectivity index (χ0v) is 19.9. The van der Waals surface area contributed by atoms with Crippen LogP contribution in [0.1, 0.15) is 24.2 Å². The van der Waals surface area contributed by atoms with E-state index < -0.39 is 11.9 Å². The van der Waals surface area contributed by atoms with Crippen molar-refractivity contribution in [3.8, 4) is 27.8 Å². The van der Waals surface area contributed by atoms with Crippen molar-refractivity contribution >= 4 is 28.3 Å². The quantitative estimate of drug-likeness (QED) is 0.491. The molecule has 0 aliphatic rings. The molecule has 2 aromatic carbocycles. The van der Waals surface area contributed by atoms with Crippen molar-refractivity contribution in [2.75, 3.05) is 26.6 Å². The fraction of sp³-hybridized carbons (Fsp3) is 0.304. The Hall–Kier alpha value is -3.66. The number of hydrogen-bond acceptors (Lipinski definition) is 8. The Kier molecular flexibility index (Phi) is 7.83. The molecule has 0 bridgehead atoms. The van der Waals surface area contributed by atoms with Crippen LogP contribution in [0.4, 0.5) is 5.13 Å². The number of methoxy groups -OCH3 is 3. The third-order valence-corrected chi connectivity index (χ3v) is 5.77. The van der Waals surface area contributed by atoms with Crippen LogP contribution in [0.5, 0.6) is 17.2 Å². The first-order chi connectivity index (χ1) is 15.9. The average Bonchev–Trinajstić information content (AvgIpc) is 3.29. The standard InChI is InChI=1S/C23H26N4O5S/c1-13(2)19(24-20(28)17-11-10-16(31-4)12-18(17)32-5)21(29)25-23-27-26-22(33-23)14-6-8-15(30-3)9-7-14/h6-13,19H,1-5H3,(H,24,28)(H,25,27,29). The van der Waals surface area contributed by atoms with Crippen molar-refractivity contribution in [1.82, 2.24) is 15.5 Å². The second-order valence-electron chi connectivity index (χ2n) is 7.39. The number of amides is 2. The van der Waals surface area contributed by atoms with Gasteiger partial charge in [0.2, 0.25) is 11.0 Å². The topological polar surface area (TPSA) is 112 Å². The van der Waals surface area contributed by atoms with Crippen molar-refractivity contribution in [3.63, 3.8) is 0 Å². The van der Waals surface area contributed by atoms with Gasteiger partial charge in [-0.15, -0.1) is 10.2 Å². The summed E-state index contributed by atoms with van der Waals surface area (Å²) in [5, 5.41) is 14.7. The van der Waals surface area contributed by atoms with E-state index in [0.29, 0.717) is 27.2 Å². The highest BCUT2D eigenvalue weighted by atomic mass is 32.1. The van der Waals surface area contributed by atoms with Crippen LogP contribution < -0.4 is 24.8 Å². The normalized spacial score (nSPS) is 11.6. The summed E-state index contributed by atoms with van der Waals surface area (Å²) >= 11 is 1.24. The number of carbonyl (C=O) groups is 2. The van der Waals surface area contributed by atoms with Crippen molar-refractivity contribution < 1.29 is 23.8 Å². The number of benzene rings is 2. The minimum atomic E-state index is -0.794. The molecular weight excluding hydrogens is 444 g/mol. The fourth-order valence-corrected chi connectivity index (χ4v) is 3.80. The number of anilines is 1. The van der Waals surface area contributed by atoms with Crippen LogP contribution >= 0.6 is 11.3 Å². The summed E-state index contributed by atoms with van der Waals surface area (Å²) in [6, 6.07) is 11.4. The van der Waals surface area contributed by atoms with E-state index in [1.165, 1.54) is 25.6 Å². The van der Waals surface area contributed by atoms with Gasteiger partial charge >= 0.3 is 0 Å². The molecule has 0 saturated heterocycles. The maximum atomic E-state index is 13.0. The number of nitrogens with one attached hydrogen (secondary N) is 2. The molecule has 174 valence electrons. The number of hydrogen-bond donors (Lipinski definition) is 2. The van der Waals surface area contributed by atoms with Crippen molar-refractivity contribution in [2.45, 2.75) is 19.9 Å². The van der Waals surface area contributed by atoms with Crippen LogP contribution in [0.15, 0.2) is 42.5 Å². The second kappa shape index (κ2) is 10.8. The Morgan fingerprint density at radius 1 is 0.909 bits per heavy atom. The molecule has 9 nitrogen and oxygen atoms in total. The molecule has 1 heterocycles. The molecule has 33 heavy (non-hydrogen) atoms. The van der Waals surface area contributed by atoms with Crippen LogP contribution in [-0.2, 0) is 4.79 Å². The molecule has 0 fully saturated rings. The second-order valence-corrected chi connectivity index (χ2v) is 8.37. The predicted octanol–water partition coefficient (Wildman–Crippen LogP) is 3.62. The zero-order valence-electron chi connectivity index (χ0n) is 19.0. The van der Waals surface area contributed by atoms with E-state index in [-0.39, 0.29) is 11.8 Å². The highest BCUT2D eigenvalue weighted by molar-refractivity contribution is 7.18. The molecule has 0 spiro atoms. The smallest absolute Gasteiger partial charge is 0.255 e. The Labute approximate surface area is 196 Å². The SMILES string of the molecule is COc1ccc(-c2nnc(NC(=O)C(NC(=O)c3ccc(OC)cc3OC)C(C)C)s2)cc1. The monoisotopic (exact) mass is 470 g/mol. The van der Waals surface area contributed by atoms with Gasteiger partial charge in [-0.05, 0) is 42.3 Å². The van der Waals surface area contributed by atoms with Gasteiger partial charge in [0.1, 0.15) is 28.3 Å². The Morgan fingerprint density at radius 2 is 1.58 bits per heavy atom. The van der Waals surface area contributed by atoms with E-state index in [0.717, 1.165) is 11.3 Å². The van der Waals surface area contributed by atoms with Gasteiger partial charge in [0.25, 0.3) is 5.91 Å². The van der Waals surface area contributed by atoms with Gasteiger partial charge in [-0.1, -0.05) is 25.2 Å². The molecule has 10 heteroatoms. The third kappa shape index (κ3) is 5.78. The number of carbonyl (C=O) groups excluding carboxylic acids is 2. The molecule has 0 saturated carbocycles. The maximum Gasteiger partial charge on any atom is 0.255 e. The van der Waals surface area contributed by atoms with Crippen LogP contribution in [0.25, 0.3) is 10.6 Å². The average molecular weight is 471 g/mol. The molecule has 0 aliphatic carbocycles. The number of ether oxygens (including phenoxy) is 3. The Balaban J connectivity index is 1.72. The Morgan fingerprint density at radius 3 is 2.18 bits per heavy atom. The van der Waals surface area contributed by atoms with Gasteiger partial charge in [0.15, 0.2) is 0 Å². The molecule has 0 radical (unpaired) electrons. The Bertz CT molecular complexity index is 1110. The van der Waals surface area contributed by atoms with Crippen molar-refractivity contribution in [2.24, 2.45) is 5.92 Å². The van der Waals surface area contributed by atoms with Gasteiger partial charge in [-0.2, -0.15) is 0 Å². The van der Waals surface area contributed by atoms with Gasteiger partial charge < -0.3 is 19.5 Å². The first-order valence-electron chi connectivity index (χ1n) is 10.2. The lowest BCUT2D eigenvalue weighted by atomic mass is 10.0. The van der Waals surface area contributed by atoms with Gasteiger partial charge in [0.05, 0.1) is 26.9 Å². The van der Waals surface area contributed by atoms with Gasteiger partial charge in [-0.25, -0.2) is 0 Å². The summed E-state index contributed by atoms with van der Waals surface area (Å²) in [6.07, 6.45) is 0. The highest BCUT2D eigenvalue weighted by Gasteiger charge is 2.27. The number of rotatable bonds is 9. The minimum absolute atomic E-state index is 0.174. The van der Waals surface area contributed by atoms with E-state index in [2.05, 4.69) is 20.8 Å². The molecule has 1 unspecified atom stereocenters. The molecule has 2 N–H and O–H groups in total. The third-order valence-electron chi connectivity index (χ3n) is 4.88. The van der Waals surface area contributed by atoms with Crippen LogP contribution in [0.3, 0.4) is 0 Å². The van der Waals surface area contributed by atoms with Crippen LogP contribution in [0.2, 0.25) is 0 Å². The van der Waals surface area contributed by atoms with E-state index >= 15 is 0 Å². The highest BCUT2D eigenvalue weighted by Crippen LogP contribution is 2.28. The number of aromatic nitrogens is 2. The molecule has 2 amide bonds. The lowest BCUT2D eigenvalue weighted by Gasteiger charge is -2.21. The summed E-state index contributed by atoms with van der Waals surface area (Å²) < 4.78 is 15.6. The predicted molar refractivity (Wildman–Crippen MR) is 126 cm³/mol. The van der Waals surface area contributed by atoms with E-state index in [9.17, 15) is 9.59 Å². The summed E-state index contributed by atoms with van der Waals surface area (Å²) in [5.74, 6) is 0.657. The maximum absolute atomic E-state index is 13.0.